The Labute approximate surface area is 79.3 Å². The van der Waals surface area contributed by atoms with Gasteiger partial charge in [0.05, 0.1) is 6.20 Å². The van der Waals surface area contributed by atoms with Crippen LogP contribution in [0.4, 0.5) is 5.82 Å². The molecule has 0 aliphatic carbocycles. The molecule has 0 N–H and O–H groups in total. The van der Waals surface area contributed by atoms with E-state index in [0.29, 0.717) is 22.6 Å². The molecule has 0 radical (unpaired) electrons. The van der Waals surface area contributed by atoms with Crippen molar-refractivity contribution in [3.8, 4) is 0 Å². The smallest absolute Gasteiger partial charge is 0.157 e. The lowest BCUT2D eigenvalue weighted by Gasteiger charge is -1.97. The van der Waals surface area contributed by atoms with Crippen molar-refractivity contribution in [3.05, 3.63) is 18.3 Å². The molecule has 1 aromatic rings. The summed E-state index contributed by atoms with van der Waals surface area (Å²) in [5.41, 5.74) is 0. The summed E-state index contributed by atoms with van der Waals surface area (Å²) in [6.07, 6.45) is 3.96. The maximum absolute atomic E-state index is 5.89. The van der Waals surface area contributed by atoms with Crippen molar-refractivity contribution in [3.63, 3.8) is 0 Å². The van der Waals surface area contributed by atoms with E-state index < -0.39 is 0 Å². The zero-order chi connectivity index (χ0) is 8.55. The third kappa shape index (κ3) is 1.26. The average Bonchev–Trinajstić information content (AvgIpc) is 2.44. The SMILES string of the molecule is ClC1=CCC(Cl)=Nc2ccnn21. The molecular formula is C7H5Cl2N3. The lowest BCUT2D eigenvalue weighted by atomic mass is 10.4. The minimum Gasteiger partial charge on any atom is -0.221 e. The predicted molar refractivity (Wildman–Crippen MR) is 49.9 cm³/mol. The minimum atomic E-state index is 0.521. The summed E-state index contributed by atoms with van der Waals surface area (Å²) in [7, 11) is 0. The Morgan fingerprint density at radius 2 is 2.25 bits per heavy atom. The molecule has 0 saturated heterocycles. The van der Waals surface area contributed by atoms with Crippen LogP contribution in [0.3, 0.4) is 0 Å². The first-order valence-corrected chi connectivity index (χ1v) is 4.16. The average molecular weight is 202 g/mol. The maximum Gasteiger partial charge on any atom is 0.157 e. The number of hydrogen-bond donors (Lipinski definition) is 0. The molecule has 0 unspecified atom stereocenters. The third-order valence-corrected chi connectivity index (χ3v) is 2.05. The van der Waals surface area contributed by atoms with Gasteiger partial charge >= 0.3 is 0 Å². The quantitative estimate of drug-likeness (QED) is 0.635. The fourth-order valence-corrected chi connectivity index (χ4v) is 1.34. The summed E-state index contributed by atoms with van der Waals surface area (Å²) in [5.74, 6) is 0.666. The van der Waals surface area contributed by atoms with Gasteiger partial charge in [-0.15, -0.1) is 0 Å². The van der Waals surface area contributed by atoms with Gasteiger partial charge in [0.25, 0.3) is 0 Å². The van der Waals surface area contributed by atoms with Gasteiger partial charge in [-0.25, -0.2) is 9.67 Å². The van der Waals surface area contributed by atoms with Crippen LogP contribution in [0.25, 0.3) is 5.16 Å². The first kappa shape index (κ1) is 7.83. The molecule has 0 atom stereocenters. The van der Waals surface area contributed by atoms with Gasteiger partial charge in [-0.05, 0) is 6.08 Å². The molecule has 12 heavy (non-hydrogen) atoms. The highest BCUT2D eigenvalue weighted by Crippen LogP contribution is 2.24. The topological polar surface area (TPSA) is 30.2 Å². The zero-order valence-corrected chi connectivity index (χ0v) is 7.55. The van der Waals surface area contributed by atoms with E-state index in [1.54, 1.807) is 18.3 Å². The van der Waals surface area contributed by atoms with Gasteiger partial charge in [-0.3, -0.25) is 0 Å². The Balaban J connectivity index is 2.59. The Morgan fingerprint density at radius 1 is 1.42 bits per heavy atom. The van der Waals surface area contributed by atoms with E-state index in [-0.39, 0.29) is 0 Å². The van der Waals surface area contributed by atoms with E-state index in [4.69, 9.17) is 23.2 Å². The van der Waals surface area contributed by atoms with Crippen LogP contribution in [0.2, 0.25) is 0 Å². The highest BCUT2D eigenvalue weighted by Gasteiger charge is 2.08. The Morgan fingerprint density at radius 3 is 3.08 bits per heavy atom. The minimum absolute atomic E-state index is 0.521. The molecule has 0 saturated carbocycles. The van der Waals surface area contributed by atoms with Crippen LogP contribution in [0, 0.1) is 0 Å². The summed E-state index contributed by atoms with van der Waals surface area (Å²) >= 11 is 11.7. The largest absolute Gasteiger partial charge is 0.221 e. The highest BCUT2D eigenvalue weighted by molar-refractivity contribution is 6.66. The van der Waals surface area contributed by atoms with Gasteiger partial charge in [0.1, 0.15) is 10.3 Å². The Bertz CT molecular complexity index is 364. The van der Waals surface area contributed by atoms with E-state index in [9.17, 15) is 0 Å². The second-order valence-electron chi connectivity index (χ2n) is 2.32. The molecule has 2 heterocycles. The number of allylic oxidation sites excluding steroid dienone is 1. The Kier molecular flexibility index (Phi) is 1.90. The van der Waals surface area contributed by atoms with Gasteiger partial charge in [0.2, 0.25) is 0 Å². The first-order valence-electron chi connectivity index (χ1n) is 3.40. The molecular weight excluding hydrogens is 197 g/mol. The predicted octanol–water partition coefficient (Wildman–Crippen LogP) is 2.59. The van der Waals surface area contributed by atoms with Crippen molar-refractivity contribution in [2.75, 3.05) is 0 Å². The van der Waals surface area contributed by atoms with E-state index in [0.717, 1.165) is 0 Å². The molecule has 1 aliphatic heterocycles. The molecule has 0 amide bonds. The van der Waals surface area contributed by atoms with Crippen LogP contribution in [0.15, 0.2) is 23.3 Å². The number of hydrogen-bond acceptors (Lipinski definition) is 2. The first-order chi connectivity index (χ1) is 5.77. The number of rotatable bonds is 0. The number of fused-ring (bicyclic) bond motifs is 1. The summed E-state index contributed by atoms with van der Waals surface area (Å²) in [6, 6.07) is 1.75. The van der Waals surface area contributed by atoms with Gasteiger partial charge in [-0.1, -0.05) is 23.2 Å². The second-order valence-corrected chi connectivity index (χ2v) is 3.14. The number of halogens is 2. The van der Waals surface area contributed by atoms with Gasteiger partial charge in [-0.2, -0.15) is 5.10 Å². The molecule has 62 valence electrons. The fraction of sp³-hybridized carbons (Fsp3) is 0.143. The van der Waals surface area contributed by atoms with Crippen molar-refractivity contribution in [2.45, 2.75) is 6.42 Å². The fourth-order valence-electron chi connectivity index (χ4n) is 0.970. The highest BCUT2D eigenvalue weighted by atomic mass is 35.5. The lowest BCUT2D eigenvalue weighted by molar-refractivity contribution is 0.924. The van der Waals surface area contributed by atoms with E-state index >= 15 is 0 Å². The molecule has 1 aliphatic rings. The molecule has 5 heteroatoms. The number of aromatic nitrogens is 2. The molecule has 0 aromatic carbocycles. The van der Waals surface area contributed by atoms with Crippen molar-refractivity contribution in [1.29, 1.82) is 0 Å². The summed E-state index contributed by atoms with van der Waals surface area (Å²) in [6.45, 7) is 0. The molecule has 0 spiro atoms. The number of nitrogens with zero attached hydrogens (tertiary/aromatic N) is 3. The van der Waals surface area contributed by atoms with Crippen LogP contribution in [-0.2, 0) is 0 Å². The van der Waals surface area contributed by atoms with E-state index in [1.165, 1.54) is 4.68 Å². The van der Waals surface area contributed by atoms with Crippen LogP contribution >= 0.6 is 23.2 Å². The van der Waals surface area contributed by atoms with E-state index in [2.05, 4.69) is 10.1 Å². The molecule has 3 nitrogen and oxygen atoms in total. The van der Waals surface area contributed by atoms with Crippen LogP contribution in [0.1, 0.15) is 6.42 Å². The van der Waals surface area contributed by atoms with Crippen LogP contribution < -0.4 is 0 Å². The summed E-state index contributed by atoms with van der Waals surface area (Å²) in [5, 5.41) is 5.04. The normalized spacial score (nSPS) is 16.2. The molecule has 1 aromatic heterocycles. The van der Waals surface area contributed by atoms with Crippen LogP contribution in [-0.4, -0.2) is 15.0 Å². The zero-order valence-electron chi connectivity index (χ0n) is 6.04. The molecule has 0 fully saturated rings. The van der Waals surface area contributed by atoms with Gasteiger partial charge in [0, 0.05) is 12.5 Å². The monoisotopic (exact) mass is 201 g/mol. The van der Waals surface area contributed by atoms with Gasteiger partial charge in [0.15, 0.2) is 5.82 Å². The second kappa shape index (κ2) is 2.92. The number of aliphatic imine (C=N–C) groups is 1. The molecule has 0 bridgehead atoms. The van der Waals surface area contributed by atoms with Crippen molar-refractivity contribution in [2.24, 2.45) is 4.99 Å². The van der Waals surface area contributed by atoms with Crippen molar-refractivity contribution < 1.29 is 0 Å². The Hall–Kier alpha value is -0.800. The lowest BCUT2D eigenvalue weighted by Crippen LogP contribution is -1.90. The summed E-state index contributed by atoms with van der Waals surface area (Å²) < 4.78 is 1.54. The van der Waals surface area contributed by atoms with Crippen molar-refractivity contribution >= 4 is 39.3 Å². The van der Waals surface area contributed by atoms with Crippen molar-refractivity contribution in [1.82, 2.24) is 9.78 Å². The standard InChI is InChI=1S/C7H5Cl2N3/c8-5-1-2-6(9)12-7(11-5)3-4-10-12/h2-4H,1H2. The summed E-state index contributed by atoms with van der Waals surface area (Å²) in [4.78, 5) is 4.10. The third-order valence-electron chi connectivity index (χ3n) is 1.50. The van der Waals surface area contributed by atoms with Gasteiger partial charge < -0.3 is 0 Å². The maximum atomic E-state index is 5.89. The van der Waals surface area contributed by atoms with Crippen LogP contribution in [0.5, 0.6) is 0 Å². The molecule has 2 rings (SSSR count). The van der Waals surface area contributed by atoms with E-state index in [1.807, 2.05) is 0 Å².